The monoisotopic (exact) mass is 263 g/mol. The fourth-order valence-electron chi connectivity index (χ4n) is 2.47. The second-order valence-electron chi connectivity index (χ2n) is 5.23. The number of hydrogen-bond donors (Lipinski definition) is 3. The van der Waals surface area contributed by atoms with Crippen LogP contribution in [0.2, 0.25) is 0 Å². The average molecular weight is 263 g/mol. The first-order valence-corrected chi connectivity index (χ1v) is 6.31. The van der Waals surface area contributed by atoms with Gasteiger partial charge in [0.1, 0.15) is 5.56 Å². The van der Waals surface area contributed by atoms with Gasteiger partial charge in [-0.05, 0) is 25.0 Å². The van der Waals surface area contributed by atoms with Crippen molar-refractivity contribution in [1.29, 1.82) is 0 Å². The van der Waals surface area contributed by atoms with Gasteiger partial charge in [-0.1, -0.05) is 25.8 Å². The molecule has 0 spiro atoms. The highest BCUT2D eigenvalue weighted by molar-refractivity contribution is 5.99. The Bertz CT molecular complexity index is 518. The van der Waals surface area contributed by atoms with E-state index in [4.69, 9.17) is 5.11 Å². The van der Waals surface area contributed by atoms with Crippen LogP contribution in [0.3, 0.4) is 0 Å². The summed E-state index contributed by atoms with van der Waals surface area (Å²) in [5.41, 5.74) is -0.488. The quantitative estimate of drug-likeness (QED) is 0.731. The van der Waals surface area contributed by atoms with Crippen molar-refractivity contribution < 1.29 is 19.8 Å². The highest BCUT2D eigenvalue weighted by Crippen LogP contribution is 2.39. The topological polar surface area (TPSA) is 86.6 Å². The molecule has 3 N–H and O–H groups in total. The number of carbonyl (C=O) groups excluding carboxylic acids is 1. The number of para-hydroxylation sites is 1. The first kappa shape index (κ1) is 13.4. The summed E-state index contributed by atoms with van der Waals surface area (Å²) in [6.07, 6.45) is 3.67. The zero-order chi connectivity index (χ0) is 14.0. The molecule has 1 aromatic carbocycles. The molecular formula is C14H17NO4. The Kier molecular flexibility index (Phi) is 3.46. The second-order valence-corrected chi connectivity index (χ2v) is 5.23. The normalized spacial score (nSPS) is 17.1. The largest absolute Gasteiger partial charge is 0.505 e. The molecule has 2 rings (SSSR count). The van der Waals surface area contributed by atoms with Crippen LogP contribution in [0.4, 0.5) is 5.69 Å². The molecule has 1 aromatic rings. The predicted molar refractivity (Wildman–Crippen MR) is 70.3 cm³/mol. The lowest BCUT2D eigenvalue weighted by molar-refractivity contribution is -0.124. The van der Waals surface area contributed by atoms with Gasteiger partial charge in [0, 0.05) is 5.41 Å². The molecule has 5 nitrogen and oxygen atoms in total. The summed E-state index contributed by atoms with van der Waals surface area (Å²) in [6, 6.07) is 4.29. The molecule has 0 aromatic heterocycles. The van der Waals surface area contributed by atoms with Crippen LogP contribution >= 0.6 is 0 Å². The number of nitrogens with one attached hydrogen (secondary N) is 1. The highest BCUT2D eigenvalue weighted by Gasteiger charge is 2.36. The van der Waals surface area contributed by atoms with Crippen molar-refractivity contribution in [1.82, 2.24) is 0 Å². The van der Waals surface area contributed by atoms with Gasteiger partial charge in [0.25, 0.3) is 0 Å². The minimum absolute atomic E-state index is 0.151. The predicted octanol–water partition coefficient (Wildman–Crippen LogP) is 2.61. The van der Waals surface area contributed by atoms with E-state index in [0.717, 1.165) is 25.7 Å². The van der Waals surface area contributed by atoms with Crippen LogP contribution < -0.4 is 5.32 Å². The number of benzene rings is 1. The first-order chi connectivity index (χ1) is 8.94. The fraction of sp³-hybridized carbons (Fsp3) is 0.429. The first-order valence-electron chi connectivity index (χ1n) is 6.31. The number of phenols is 1. The van der Waals surface area contributed by atoms with Gasteiger partial charge in [-0.3, -0.25) is 4.79 Å². The van der Waals surface area contributed by atoms with Gasteiger partial charge in [0.15, 0.2) is 5.75 Å². The summed E-state index contributed by atoms with van der Waals surface area (Å²) >= 11 is 0. The molecule has 1 amide bonds. The SMILES string of the molecule is CC1(C(=O)Nc2cccc(C(=O)O)c2O)CCCC1. The zero-order valence-corrected chi connectivity index (χ0v) is 10.8. The van der Waals surface area contributed by atoms with Gasteiger partial charge in [0.05, 0.1) is 5.69 Å². The lowest BCUT2D eigenvalue weighted by Gasteiger charge is -2.22. The Morgan fingerprint density at radius 1 is 1.26 bits per heavy atom. The molecule has 0 bridgehead atoms. The summed E-state index contributed by atoms with van der Waals surface area (Å²) < 4.78 is 0. The Morgan fingerprint density at radius 3 is 2.47 bits per heavy atom. The molecule has 19 heavy (non-hydrogen) atoms. The molecule has 5 heteroatoms. The van der Waals surface area contributed by atoms with Crippen LogP contribution in [-0.4, -0.2) is 22.1 Å². The molecule has 1 saturated carbocycles. The number of anilines is 1. The number of aromatic hydroxyl groups is 1. The van der Waals surface area contributed by atoms with Gasteiger partial charge < -0.3 is 15.5 Å². The molecule has 0 aliphatic heterocycles. The minimum Gasteiger partial charge on any atom is -0.505 e. The van der Waals surface area contributed by atoms with Gasteiger partial charge in [-0.2, -0.15) is 0 Å². The Hall–Kier alpha value is -2.04. The van der Waals surface area contributed by atoms with E-state index in [1.165, 1.54) is 18.2 Å². The maximum absolute atomic E-state index is 12.2. The van der Waals surface area contributed by atoms with Crippen molar-refractivity contribution in [3.8, 4) is 5.75 Å². The molecule has 0 saturated heterocycles. The number of rotatable bonds is 3. The number of hydrogen-bond acceptors (Lipinski definition) is 3. The van der Waals surface area contributed by atoms with Gasteiger partial charge in [-0.25, -0.2) is 4.79 Å². The van der Waals surface area contributed by atoms with Crippen LogP contribution in [0.1, 0.15) is 43.0 Å². The molecule has 1 fully saturated rings. The van der Waals surface area contributed by atoms with Crippen LogP contribution in [0.5, 0.6) is 5.75 Å². The molecule has 0 unspecified atom stereocenters. The van der Waals surface area contributed by atoms with E-state index in [1.807, 2.05) is 6.92 Å². The number of amides is 1. The number of aromatic carboxylic acids is 1. The zero-order valence-electron chi connectivity index (χ0n) is 10.8. The lowest BCUT2D eigenvalue weighted by Crippen LogP contribution is -2.30. The van der Waals surface area contributed by atoms with Crippen LogP contribution in [0.25, 0.3) is 0 Å². The number of carboxylic acids is 1. The van der Waals surface area contributed by atoms with Crippen molar-refractivity contribution in [2.24, 2.45) is 5.41 Å². The van der Waals surface area contributed by atoms with Crippen molar-refractivity contribution in [2.45, 2.75) is 32.6 Å². The van der Waals surface area contributed by atoms with Crippen LogP contribution in [-0.2, 0) is 4.79 Å². The van der Waals surface area contributed by atoms with E-state index in [2.05, 4.69) is 5.32 Å². The maximum Gasteiger partial charge on any atom is 0.339 e. The third kappa shape index (κ3) is 2.54. The van der Waals surface area contributed by atoms with Crippen molar-refractivity contribution in [3.05, 3.63) is 23.8 Å². The minimum atomic E-state index is -1.22. The average Bonchev–Trinajstić information content (AvgIpc) is 2.80. The summed E-state index contributed by atoms with van der Waals surface area (Å²) in [5.74, 6) is -1.78. The molecule has 0 heterocycles. The van der Waals surface area contributed by atoms with Crippen LogP contribution in [0, 0.1) is 5.41 Å². The van der Waals surface area contributed by atoms with Gasteiger partial charge in [0.2, 0.25) is 5.91 Å². The summed E-state index contributed by atoms with van der Waals surface area (Å²) in [4.78, 5) is 23.1. The Balaban J connectivity index is 2.22. The van der Waals surface area contributed by atoms with Crippen molar-refractivity contribution in [2.75, 3.05) is 5.32 Å². The third-order valence-electron chi connectivity index (χ3n) is 3.77. The standard InChI is InChI=1S/C14H17NO4/c1-14(7-2-3-8-14)13(19)15-10-6-4-5-9(11(10)16)12(17)18/h4-6,16H,2-3,7-8H2,1H3,(H,15,19)(H,17,18). The summed E-state index contributed by atoms with van der Waals surface area (Å²) in [5, 5.41) is 21.4. The number of carbonyl (C=O) groups is 2. The van der Waals surface area contributed by atoms with Gasteiger partial charge >= 0.3 is 5.97 Å². The van der Waals surface area contributed by atoms with Crippen LogP contribution in [0.15, 0.2) is 18.2 Å². The molecular weight excluding hydrogens is 246 g/mol. The Morgan fingerprint density at radius 2 is 1.89 bits per heavy atom. The van der Waals surface area contributed by atoms with E-state index in [9.17, 15) is 14.7 Å². The van der Waals surface area contributed by atoms with E-state index in [0.29, 0.717) is 0 Å². The second kappa shape index (κ2) is 4.91. The van der Waals surface area contributed by atoms with E-state index in [1.54, 1.807) is 0 Å². The molecule has 0 atom stereocenters. The van der Waals surface area contributed by atoms with Crippen molar-refractivity contribution in [3.63, 3.8) is 0 Å². The van der Waals surface area contributed by atoms with E-state index in [-0.39, 0.29) is 17.2 Å². The third-order valence-corrected chi connectivity index (χ3v) is 3.77. The lowest BCUT2D eigenvalue weighted by atomic mass is 9.88. The summed E-state index contributed by atoms with van der Waals surface area (Å²) in [6.45, 7) is 1.90. The van der Waals surface area contributed by atoms with Crippen molar-refractivity contribution >= 4 is 17.6 Å². The Labute approximate surface area is 111 Å². The fourth-order valence-corrected chi connectivity index (χ4v) is 2.47. The smallest absolute Gasteiger partial charge is 0.339 e. The highest BCUT2D eigenvalue weighted by atomic mass is 16.4. The molecule has 0 radical (unpaired) electrons. The molecule has 102 valence electrons. The summed E-state index contributed by atoms with van der Waals surface area (Å²) in [7, 11) is 0. The van der Waals surface area contributed by atoms with Gasteiger partial charge in [-0.15, -0.1) is 0 Å². The number of carboxylic acid groups (broad SMARTS) is 1. The van der Waals surface area contributed by atoms with E-state index >= 15 is 0 Å². The molecule has 1 aliphatic carbocycles. The van der Waals surface area contributed by atoms with E-state index < -0.39 is 17.1 Å². The maximum atomic E-state index is 12.2. The molecule has 1 aliphatic rings.